The predicted molar refractivity (Wildman–Crippen MR) is 113 cm³/mol. The van der Waals surface area contributed by atoms with Crippen molar-refractivity contribution in [1.29, 1.82) is 0 Å². The minimum Gasteiger partial charge on any atom is -0.506 e. The topological polar surface area (TPSA) is 233 Å². The summed E-state index contributed by atoms with van der Waals surface area (Å²) in [5.41, 5.74) is 0.135. The first-order chi connectivity index (χ1) is 16.0. The number of ether oxygens (including phenoxy) is 1. The van der Waals surface area contributed by atoms with Gasteiger partial charge >= 0.3 is 7.82 Å². The zero-order chi connectivity index (χ0) is 24.8. The van der Waals surface area contributed by atoms with Gasteiger partial charge in [0, 0.05) is 12.6 Å². The van der Waals surface area contributed by atoms with E-state index in [-0.39, 0.29) is 34.1 Å². The number of hydrogen-bond acceptors (Lipinski definition) is 12. The van der Waals surface area contributed by atoms with Gasteiger partial charge in [-0.1, -0.05) is 11.6 Å². The van der Waals surface area contributed by atoms with Crippen LogP contribution in [-0.4, -0.2) is 79.8 Å². The summed E-state index contributed by atoms with van der Waals surface area (Å²) in [5.74, 6) is -1.85. The van der Waals surface area contributed by atoms with Gasteiger partial charge in [-0.3, -0.25) is 14.4 Å². The van der Waals surface area contributed by atoms with Crippen LogP contribution in [0.2, 0.25) is 5.02 Å². The number of phenolic OH excluding ortho intramolecular Hbond substituents is 2. The summed E-state index contributed by atoms with van der Waals surface area (Å²) in [5, 5.41) is 52.6. The van der Waals surface area contributed by atoms with Crippen molar-refractivity contribution in [2.24, 2.45) is 0 Å². The molecule has 0 amide bonds. The molecule has 0 radical (unpaired) electrons. The number of nitrogens with zero attached hydrogens (tertiary/aromatic N) is 4. The quantitative estimate of drug-likeness (QED) is 0.185. The number of aromatic hydroxyl groups is 2. The molecule has 3 aromatic rings. The second-order valence-electron chi connectivity index (χ2n) is 7.24. The monoisotopic (exact) mass is 519 g/mol. The van der Waals surface area contributed by atoms with Crippen molar-refractivity contribution in [3.63, 3.8) is 0 Å². The maximum Gasteiger partial charge on any atom is 0.524 e. The van der Waals surface area contributed by atoms with E-state index in [0.717, 1.165) is 12.4 Å². The second-order valence-corrected chi connectivity index (χ2v) is 8.81. The number of aliphatic hydroxyl groups excluding tert-OH is 3. The SMILES string of the molecule is O=P(O)(O)Oc1cc(Cl)c(O)c(CNc2ncnc3c2ncn3[C@@H]2O[C@H](CO)[C@@H](O)[C@H]2O)c1O. The van der Waals surface area contributed by atoms with E-state index >= 15 is 0 Å². The van der Waals surface area contributed by atoms with Crippen LogP contribution < -0.4 is 9.84 Å². The maximum atomic E-state index is 11.1. The maximum absolute atomic E-state index is 11.1. The Morgan fingerprint density at radius 1 is 1.18 bits per heavy atom. The van der Waals surface area contributed by atoms with Crippen LogP contribution in [0.15, 0.2) is 18.7 Å². The van der Waals surface area contributed by atoms with Gasteiger partial charge in [0.1, 0.15) is 30.4 Å². The van der Waals surface area contributed by atoms with Gasteiger partial charge in [-0.15, -0.1) is 0 Å². The molecule has 0 aliphatic carbocycles. The Balaban J connectivity index is 1.63. The number of benzene rings is 1. The van der Waals surface area contributed by atoms with E-state index in [1.807, 2.05) is 0 Å². The summed E-state index contributed by atoms with van der Waals surface area (Å²) in [6, 6.07) is 0.848. The average molecular weight is 520 g/mol. The molecule has 8 N–H and O–H groups in total. The lowest BCUT2D eigenvalue weighted by atomic mass is 10.1. The van der Waals surface area contributed by atoms with Gasteiger partial charge in [0.15, 0.2) is 34.7 Å². The first kappa shape index (κ1) is 24.4. The molecule has 0 bridgehead atoms. The van der Waals surface area contributed by atoms with Crippen LogP contribution in [0.1, 0.15) is 11.8 Å². The largest absolute Gasteiger partial charge is 0.524 e. The fourth-order valence-electron chi connectivity index (χ4n) is 3.47. The molecule has 184 valence electrons. The van der Waals surface area contributed by atoms with Crippen LogP contribution in [0, 0.1) is 0 Å². The molecule has 2 aromatic heterocycles. The zero-order valence-electron chi connectivity index (χ0n) is 16.9. The lowest BCUT2D eigenvalue weighted by Crippen LogP contribution is -2.33. The van der Waals surface area contributed by atoms with Crippen molar-refractivity contribution < 1.29 is 49.1 Å². The van der Waals surface area contributed by atoms with Crippen molar-refractivity contribution in [3.05, 3.63) is 29.3 Å². The third-order valence-corrected chi connectivity index (χ3v) is 5.81. The standard InChI is InChI=1S/C17H19ClN5O10P/c18-7-1-8(33-34(29,30)31)12(26)6(11(7)25)2-19-15-10-16(21-4-20-15)23(5-22-10)17-14(28)13(27)9(3-24)32-17/h1,4-5,9,13-14,17,24-28H,2-3H2,(H,19,20,21)(H2,29,30,31)/t9-,13-,14-,17-/m1/s1. The molecule has 0 saturated carbocycles. The molecule has 1 saturated heterocycles. The van der Waals surface area contributed by atoms with Crippen molar-refractivity contribution in [1.82, 2.24) is 19.5 Å². The van der Waals surface area contributed by atoms with E-state index in [0.29, 0.717) is 0 Å². The van der Waals surface area contributed by atoms with Gasteiger partial charge in [0.25, 0.3) is 0 Å². The Bertz CT molecular complexity index is 1270. The summed E-state index contributed by atoms with van der Waals surface area (Å²) in [7, 11) is -5.02. The summed E-state index contributed by atoms with van der Waals surface area (Å²) in [6.45, 7) is -0.841. The summed E-state index contributed by atoms with van der Waals surface area (Å²) in [4.78, 5) is 30.3. The fraction of sp³-hybridized carbons (Fsp3) is 0.353. The smallest absolute Gasteiger partial charge is 0.506 e. The molecular formula is C17H19ClN5O10P. The highest BCUT2D eigenvalue weighted by Gasteiger charge is 2.44. The Morgan fingerprint density at radius 3 is 2.56 bits per heavy atom. The third-order valence-electron chi connectivity index (χ3n) is 5.09. The molecule has 0 unspecified atom stereocenters. The van der Waals surface area contributed by atoms with E-state index in [2.05, 4.69) is 24.8 Å². The molecule has 0 spiro atoms. The molecule has 1 aromatic carbocycles. The Labute approximate surface area is 195 Å². The van der Waals surface area contributed by atoms with Crippen LogP contribution in [0.5, 0.6) is 17.2 Å². The minimum absolute atomic E-state index is 0.117. The van der Waals surface area contributed by atoms with Crippen LogP contribution in [0.3, 0.4) is 0 Å². The second kappa shape index (κ2) is 9.13. The predicted octanol–water partition coefficient (Wildman–Crippen LogP) is -0.414. The van der Waals surface area contributed by atoms with Crippen molar-refractivity contribution in [3.8, 4) is 17.2 Å². The number of nitrogens with one attached hydrogen (secondary N) is 1. The number of imidazole rings is 1. The van der Waals surface area contributed by atoms with Crippen LogP contribution in [-0.2, 0) is 15.8 Å². The number of aromatic nitrogens is 4. The van der Waals surface area contributed by atoms with Crippen molar-refractivity contribution >= 4 is 36.4 Å². The van der Waals surface area contributed by atoms with Gasteiger partial charge in [0.05, 0.1) is 23.5 Å². The number of rotatable bonds is 7. The van der Waals surface area contributed by atoms with E-state index in [1.165, 1.54) is 10.9 Å². The number of phosphoric ester groups is 1. The Hall–Kier alpha value is -2.75. The van der Waals surface area contributed by atoms with Crippen LogP contribution >= 0.6 is 19.4 Å². The fourth-order valence-corrected chi connectivity index (χ4v) is 4.08. The highest BCUT2D eigenvalue weighted by Crippen LogP contribution is 2.47. The highest BCUT2D eigenvalue weighted by molar-refractivity contribution is 7.46. The molecule has 3 heterocycles. The molecule has 4 rings (SSSR count). The van der Waals surface area contributed by atoms with Gasteiger partial charge < -0.3 is 40.1 Å². The normalized spacial score (nSPS) is 22.9. The van der Waals surface area contributed by atoms with Crippen molar-refractivity contribution in [2.45, 2.75) is 31.1 Å². The molecule has 34 heavy (non-hydrogen) atoms. The number of phosphoric acid groups is 1. The van der Waals surface area contributed by atoms with Gasteiger partial charge in [-0.25, -0.2) is 19.5 Å². The zero-order valence-corrected chi connectivity index (χ0v) is 18.6. The van der Waals surface area contributed by atoms with Crippen LogP contribution in [0.25, 0.3) is 11.2 Å². The number of fused-ring (bicyclic) bond motifs is 1. The molecular weight excluding hydrogens is 501 g/mol. The van der Waals surface area contributed by atoms with E-state index < -0.39 is 56.2 Å². The van der Waals surface area contributed by atoms with Crippen LogP contribution in [0.4, 0.5) is 5.82 Å². The molecule has 15 nitrogen and oxygen atoms in total. The minimum atomic E-state index is -5.02. The number of aliphatic hydroxyl groups is 3. The number of phenols is 2. The summed E-state index contributed by atoms with van der Waals surface area (Å²) >= 11 is 5.88. The lowest BCUT2D eigenvalue weighted by Gasteiger charge is -2.17. The molecule has 1 aliphatic heterocycles. The van der Waals surface area contributed by atoms with E-state index in [4.69, 9.17) is 26.1 Å². The van der Waals surface area contributed by atoms with Gasteiger partial charge in [-0.2, -0.15) is 0 Å². The number of anilines is 1. The lowest BCUT2D eigenvalue weighted by molar-refractivity contribution is -0.0511. The van der Waals surface area contributed by atoms with Crippen molar-refractivity contribution in [2.75, 3.05) is 11.9 Å². The highest BCUT2D eigenvalue weighted by atomic mass is 35.5. The first-order valence-electron chi connectivity index (χ1n) is 9.54. The molecule has 1 fully saturated rings. The number of halogens is 1. The summed E-state index contributed by atoms with van der Waals surface area (Å²) in [6.07, 6.45) is -2.35. The van der Waals surface area contributed by atoms with E-state index in [9.17, 15) is 30.1 Å². The average Bonchev–Trinajstić information content (AvgIpc) is 3.32. The molecule has 17 heteroatoms. The third kappa shape index (κ3) is 4.47. The van der Waals surface area contributed by atoms with E-state index in [1.54, 1.807) is 0 Å². The summed E-state index contributed by atoms with van der Waals surface area (Å²) < 4.78 is 22.4. The van der Waals surface area contributed by atoms with Gasteiger partial charge in [0.2, 0.25) is 0 Å². The number of hydrogen-bond donors (Lipinski definition) is 8. The Kier molecular flexibility index (Phi) is 6.54. The Morgan fingerprint density at radius 2 is 1.91 bits per heavy atom. The van der Waals surface area contributed by atoms with Gasteiger partial charge in [-0.05, 0) is 0 Å². The molecule has 4 atom stereocenters. The molecule has 1 aliphatic rings. The first-order valence-corrected chi connectivity index (χ1v) is 11.4.